The SMILES string of the molecule is COc1cc(OC)c(Cl)c(C2CCC3C(C2)NNC3NC(=O)c2ccc(N3CCNCC3)cc2)c1Cl. The van der Waals surface area contributed by atoms with Crippen LogP contribution in [0.1, 0.15) is 41.1 Å². The minimum Gasteiger partial charge on any atom is -0.495 e. The van der Waals surface area contributed by atoms with Crippen LogP contribution in [0.25, 0.3) is 0 Å². The first-order valence-corrected chi connectivity index (χ1v) is 13.2. The Kier molecular flexibility index (Phi) is 7.79. The number of fused-ring (bicyclic) bond motifs is 1. The highest BCUT2D eigenvalue weighted by Crippen LogP contribution is 2.49. The maximum absolute atomic E-state index is 13.0. The molecule has 0 radical (unpaired) electrons. The van der Waals surface area contributed by atoms with E-state index >= 15 is 0 Å². The average Bonchev–Trinajstić information content (AvgIpc) is 3.31. The van der Waals surface area contributed by atoms with Crippen LogP contribution in [0.4, 0.5) is 5.69 Å². The van der Waals surface area contributed by atoms with E-state index in [9.17, 15) is 4.79 Å². The smallest absolute Gasteiger partial charge is 0.252 e. The van der Waals surface area contributed by atoms with Gasteiger partial charge in [0.05, 0.1) is 30.4 Å². The van der Waals surface area contributed by atoms with E-state index in [2.05, 4.69) is 26.4 Å². The first-order valence-electron chi connectivity index (χ1n) is 12.5. The van der Waals surface area contributed by atoms with Gasteiger partial charge in [0.2, 0.25) is 0 Å². The maximum Gasteiger partial charge on any atom is 0.252 e. The molecule has 2 heterocycles. The van der Waals surface area contributed by atoms with Crippen LogP contribution in [-0.4, -0.2) is 58.5 Å². The number of hydrazine groups is 1. The van der Waals surface area contributed by atoms with Crippen molar-refractivity contribution in [2.75, 3.05) is 45.3 Å². The van der Waals surface area contributed by atoms with Crippen LogP contribution in [0.2, 0.25) is 10.0 Å². The number of halogens is 2. The van der Waals surface area contributed by atoms with Crippen molar-refractivity contribution in [3.63, 3.8) is 0 Å². The van der Waals surface area contributed by atoms with Crippen molar-refractivity contribution in [3.8, 4) is 11.5 Å². The number of benzene rings is 2. The zero-order valence-corrected chi connectivity index (χ0v) is 22.1. The number of amides is 1. The van der Waals surface area contributed by atoms with E-state index in [-0.39, 0.29) is 30.0 Å². The minimum absolute atomic E-state index is 0.0763. The second-order valence-corrected chi connectivity index (χ2v) is 10.4. The van der Waals surface area contributed by atoms with Crippen LogP contribution in [0.15, 0.2) is 30.3 Å². The standard InChI is InChI=1S/C26H33Cl2N5O3/c1-35-20-14-21(36-2)24(28)22(23(20)27)16-5-8-18-19(13-16)31-32-25(18)30-26(34)15-3-6-17(7-4-15)33-11-9-29-10-12-33/h3-4,6-7,14,16,18-19,25,29,31-32H,5,8-13H2,1-2H3,(H,30,34). The normalized spacial score (nSPS) is 25.8. The fraction of sp³-hybridized carbons (Fsp3) is 0.500. The third-order valence-corrected chi connectivity index (χ3v) is 8.45. The molecule has 0 aromatic heterocycles. The summed E-state index contributed by atoms with van der Waals surface area (Å²) >= 11 is 13.4. The van der Waals surface area contributed by atoms with Crippen molar-refractivity contribution in [3.05, 3.63) is 51.5 Å². The summed E-state index contributed by atoms with van der Waals surface area (Å²) in [5.74, 6) is 1.45. The average molecular weight is 534 g/mol. The molecule has 2 saturated heterocycles. The van der Waals surface area contributed by atoms with E-state index in [1.54, 1.807) is 20.3 Å². The number of methoxy groups -OCH3 is 2. The summed E-state index contributed by atoms with van der Waals surface area (Å²) < 4.78 is 10.9. The molecule has 1 amide bonds. The van der Waals surface area contributed by atoms with Gasteiger partial charge in [-0.1, -0.05) is 23.2 Å². The van der Waals surface area contributed by atoms with Crippen molar-refractivity contribution in [1.29, 1.82) is 0 Å². The number of anilines is 1. The molecule has 2 aromatic rings. The third kappa shape index (κ3) is 4.97. The van der Waals surface area contributed by atoms with Crippen molar-refractivity contribution < 1.29 is 14.3 Å². The van der Waals surface area contributed by atoms with Gasteiger partial charge in [0.15, 0.2) is 0 Å². The van der Waals surface area contributed by atoms with Gasteiger partial charge in [0.1, 0.15) is 11.5 Å². The van der Waals surface area contributed by atoms with Crippen molar-refractivity contribution in [2.45, 2.75) is 37.4 Å². The van der Waals surface area contributed by atoms with Gasteiger partial charge in [-0.25, -0.2) is 5.43 Å². The molecule has 4 N–H and O–H groups in total. The number of hydrogen-bond acceptors (Lipinski definition) is 7. The van der Waals surface area contributed by atoms with Crippen molar-refractivity contribution in [1.82, 2.24) is 21.5 Å². The third-order valence-electron chi connectivity index (χ3n) is 7.67. The Morgan fingerprint density at radius 3 is 2.31 bits per heavy atom. The van der Waals surface area contributed by atoms with E-state index in [0.29, 0.717) is 27.1 Å². The highest BCUT2D eigenvalue weighted by atomic mass is 35.5. The summed E-state index contributed by atoms with van der Waals surface area (Å²) in [5, 5.41) is 7.61. The van der Waals surface area contributed by atoms with Gasteiger partial charge in [-0.3, -0.25) is 10.2 Å². The molecule has 1 saturated carbocycles. The highest BCUT2D eigenvalue weighted by Gasteiger charge is 2.42. The summed E-state index contributed by atoms with van der Waals surface area (Å²) in [7, 11) is 3.17. The van der Waals surface area contributed by atoms with Crippen molar-refractivity contribution >= 4 is 34.8 Å². The molecule has 194 valence electrons. The number of nitrogens with one attached hydrogen (secondary N) is 4. The van der Waals surface area contributed by atoms with Gasteiger partial charge in [0, 0.05) is 61.0 Å². The predicted octanol–water partition coefficient (Wildman–Crippen LogP) is 3.54. The quantitative estimate of drug-likeness (QED) is 0.451. The van der Waals surface area contributed by atoms with Crippen LogP contribution >= 0.6 is 23.2 Å². The number of rotatable bonds is 6. The monoisotopic (exact) mass is 533 g/mol. The number of piperazine rings is 1. The van der Waals surface area contributed by atoms with Gasteiger partial charge in [-0.05, 0) is 49.4 Å². The fourth-order valence-corrected chi connectivity index (χ4v) is 6.51. The van der Waals surface area contributed by atoms with Crippen LogP contribution in [0, 0.1) is 5.92 Å². The van der Waals surface area contributed by atoms with Gasteiger partial charge < -0.3 is 25.0 Å². The molecule has 3 fully saturated rings. The molecule has 36 heavy (non-hydrogen) atoms. The lowest BCUT2D eigenvalue weighted by molar-refractivity contribution is 0.0915. The van der Waals surface area contributed by atoms with Crippen LogP contribution < -0.4 is 35.9 Å². The summed E-state index contributed by atoms with van der Waals surface area (Å²) in [6.07, 6.45) is 2.49. The first-order chi connectivity index (χ1) is 17.5. The van der Waals surface area contributed by atoms with E-state index in [1.165, 1.54) is 0 Å². The fourth-order valence-electron chi connectivity index (χ4n) is 5.70. The summed E-state index contributed by atoms with van der Waals surface area (Å²) in [4.78, 5) is 15.3. The lowest BCUT2D eigenvalue weighted by atomic mass is 9.75. The van der Waals surface area contributed by atoms with Gasteiger partial charge in [-0.2, -0.15) is 0 Å². The van der Waals surface area contributed by atoms with E-state index in [4.69, 9.17) is 32.7 Å². The Morgan fingerprint density at radius 1 is 1.00 bits per heavy atom. The minimum atomic E-state index is -0.151. The molecular weight excluding hydrogens is 501 g/mol. The lowest BCUT2D eigenvalue weighted by Gasteiger charge is -2.34. The first kappa shape index (κ1) is 25.4. The maximum atomic E-state index is 13.0. The molecule has 0 spiro atoms. The summed E-state index contributed by atoms with van der Waals surface area (Å²) in [6.45, 7) is 3.92. The van der Waals surface area contributed by atoms with Crippen LogP contribution in [0.3, 0.4) is 0 Å². The molecule has 3 aliphatic rings. The molecule has 8 nitrogen and oxygen atoms in total. The molecule has 1 aliphatic carbocycles. The number of hydrogen-bond donors (Lipinski definition) is 4. The number of carbonyl (C=O) groups excluding carboxylic acids is 1. The predicted molar refractivity (Wildman–Crippen MR) is 142 cm³/mol. The molecule has 5 rings (SSSR count). The molecule has 4 unspecified atom stereocenters. The Bertz CT molecular complexity index is 1070. The summed E-state index contributed by atoms with van der Waals surface area (Å²) in [6, 6.07) is 9.77. The van der Waals surface area contributed by atoms with Crippen molar-refractivity contribution in [2.24, 2.45) is 5.92 Å². The molecule has 10 heteroatoms. The van der Waals surface area contributed by atoms with E-state index in [1.807, 2.05) is 24.3 Å². The Labute approximate surface area is 222 Å². The Morgan fingerprint density at radius 2 is 1.67 bits per heavy atom. The Balaban J connectivity index is 1.23. The van der Waals surface area contributed by atoms with Gasteiger partial charge in [0.25, 0.3) is 5.91 Å². The van der Waals surface area contributed by atoms with E-state index < -0.39 is 0 Å². The number of nitrogens with zero attached hydrogens (tertiary/aromatic N) is 1. The Hall–Kier alpha value is -2.23. The number of carbonyl (C=O) groups is 1. The number of ether oxygens (including phenoxy) is 2. The zero-order valence-electron chi connectivity index (χ0n) is 20.6. The zero-order chi connectivity index (χ0) is 25.2. The molecular formula is C26H33Cl2N5O3. The van der Waals surface area contributed by atoms with Crippen LogP contribution in [-0.2, 0) is 0 Å². The molecule has 2 aliphatic heterocycles. The van der Waals surface area contributed by atoms with Gasteiger partial charge in [-0.15, -0.1) is 0 Å². The molecule has 0 bridgehead atoms. The van der Waals surface area contributed by atoms with Crippen LogP contribution in [0.5, 0.6) is 11.5 Å². The highest BCUT2D eigenvalue weighted by molar-refractivity contribution is 6.38. The summed E-state index contributed by atoms with van der Waals surface area (Å²) in [5.41, 5.74) is 9.36. The second kappa shape index (κ2) is 11.0. The molecule has 2 aromatic carbocycles. The molecule has 4 atom stereocenters. The lowest BCUT2D eigenvalue weighted by Crippen LogP contribution is -2.47. The second-order valence-electron chi connectivity index (χ2n) is 9.63. The largest absolute Gasteiger partial charge is 0.495 e. The van der Waals surface area contributed by atoms with Gasteiger partial charge >= 0.3 is 0 Å². The topological polar surface area (TPSA) is 86.9 Å². The van der Waals surface area contributed by atoms with E-state index in [0.717, 1.165) is 56.7 Å².